The van der Waals surface area contributed by atoms with Crippen molar-refractivity contribution < 1.29 is 18.7 Å². The lowest BCUT2D eigenvalue weighted by molar-refractivity contribution is -0.116. The van der Waals surface area contributed by atoms with Gasteiger partial charge >= 0.3 is 11.7 Å². The summed E-state index contributed by atoms with van der Waals surface area (Å²) in [5.74, 6) is -1.38. The Labute approximate surface area is 141 Å². The number of hydrogen-bond donors (Lipinski definition) is 2. The number of nitrogens with zero attached hydrogens (tertiary/aromatic N) is 1. The van der Waals surface area contributed by atoms with Crippen molar-refractivity contribution >= 4 is 28.6 Å². The number of esters is 1. The second kappa shape index (κ2) is 6.60. The molecule has 0 bridgehead atoms. The summed E-state index contributed by atoms with van der Waals surface area (Å²) in [5, 5.41) is 2.63. The molecule has 0 atom stereocenters. The Morgan fingerprint density at radius 3 is 2.60 bits per heavy atom. The lowest BCUT2D eigenvalue weighted by Gasteiger charge is -2.07. The van der Waals surface area contributed by atoms with Gasteiger partial charge in [-0.3, -0.25) is 9.36 Å². The topological polar surface area (TPSA) is 93.2 Å². The molecule has 1 amide bonds. The Hall–Kier alpha value is -3.42. The number of fused-ring (bicyclic) bond motifs is 1. The number of benzene rings is 2. The Kier molecular flexibility index (Phi) is 4.34. The number of imidazole rings is 1. The highest BCUT2D eigenvalue weighted by molar-refractivity contribution is 5.93. The molecule has 7 nitrogen and oxygen atoms in total. The summed E-state index contributed by atoms with van der Waals surface area (Å²) in [7, 11) is 1.28. The Morgan fingerprint density at radius 2 is 1.92 bits per heavy atom. The molecule has 8 heteroatoms. The monoisotopic (exact) mass is 343 g/mol. The first-order chi connectivity index (χ1) is 12.0. The number of nitrogens with one attached hydrogen (secondary N) is 2. The molecule has 25 heavy (non-hydrogen) atoms. The predicted octanol–water partition coefficient (Wildman–Crippen LogP) is 1.89. The van der Waals surface area contributed by atoms with E-state index in [0.717, 1.165) is 0 Å². The summed E-state index contributed by atoms with van der Waals surface area (Å²) < 4.78 is 19.0. The van der Waals surface area contributed by atoms with Crippen molar-refractivity contribution in [3.05, 3.63) is 64.3 Å². The van der Waals surface area contributed by atoms with Gasteiger partial charge in [0.05, 0.1) is 23.7 Å². The summed E-state index contributed by atoms with van der Waals surface area (Å²) in [6.45, 7) is -0.233. The summed E-state index contributed by atoms with van der Waals surface area (Å²) >= 11 is 0. The number of hydrogen-bond acceptors (Lipinski definition) is 4. The highest BCUT2D eigenvalue weighted by Crippen LogP contribution is 2.13. The van der Waals surface area contributed by atoms with E-state index in [2.05, 4.69) is 15.0 Å². The first-order valence-electron chi connectivity index (χ1n) is 7.34. The lowest BCUT2D eigenvalue weighted by atomic mass is 10.2. The van der Waals surface area contributed by atoms with E-state index in [-0.39, 0.29) is 6.54 Å². The standard InChI is InChI=1S/C17H14FN3O4/c1-25-16(23)10-2-5-12(6-3-10)19-15(22)9-21-14-7-4-11(18)8-13(14)20-17(21)24/h2-8H,9H2,1H3,(H,19,22)(H,20,24). The van der Waals surface area contributed by atoms with Gasteiger partial charge < -0.3 is 15.0 Å². The van der Waals surface area contributed by atoms with Gasteiger partial charge in [-0.2, -0.15) is 0 Å². The molecule has 0 saturated carbocycles. The van der Waals surface area contributed by atoms with Crippen LogP contribution in [0, 0.1) is 5.82 Å². The minimum atomic E-state index is -0.503. The van der Waals surface area contributed by atoms with Crippen LogP contribution in [0.1, 0.15) is 10.4 Å². The van der Waals surface area contributed by atoms with Gasteiger partial charge in [0.1, 0.15) is 12.4 Å². The number of H-pyrrole nitrogens is 1. The van der Waals surface area contributed by atoms with Gasteiger partial charge in [-0.1, -0.05) is 0 Å². The number of aromatic nitrogens is 2. The maximum Gasteiger partial charge on any atom is 0.337 e. The maximum atomic E-state index is 13.2. The van der Waals surface area contributed by atoms with Gasteiger partial charge in [0.2, 0.25) is 5.91 Å². The third-order valence-electron chi connectivity index (χ3n) is 3.63. The van der Waals surface area contributed by atoms with Crippen LogP contribution in [0.4, 0.5) is 10.1 Å². The molecule has 0 radical (unpaired) electrons. The normalized spacial score (nSPS) is 10.6. The number of ether oxygens (including phenoxy) is 1. The van der Waals surface area contributed by atoms with Gasteiger partial charge in [0.15, 0.2) is 0 Å². The maximum absolute atomic E-state index is 13.2. The number of halogens is 1. The van der Waals surface area contributed by atoms with Crippen molar-refractivity contribution in [3.63, 3.8) is 0 Å². The molecular weight excluding hydrogens is 329 g/mol. The van der Waals surface area contributed by atoms with Crippen LogP contribution < -0.4 is 11.0 Å². The van der Waals surface area contributed by atoms with E-state index < -0.39 is 23.4 Å². The number of aromatic amines is 1. The second-order valence-corrected chi connectivity index (χ2v) is 5.29. The molecule has 0 aliphatic rings. The van der Waals surface area contributed by atoms with Gasteiger partial charge in [-0.05, 0) is 42.5 Å². The van der Waals surface area contributed by atoms with E-state index in [4.69, 9.17) is 0 Å². The molecular formula is C17H14FN3O4. The van der Waals surface area contributed by atoms with Crippen molar-refractivity contribution in [2.24, 2.45) is 0 Å². The van der Waals surface area contributed by atoms with Crippen LogP contribution in [0.3, 0.4) is 0 Å². The van der Waals surface area contributed by atoms with Crippen molar-refractivity contribution in [2.45, 2.75) is 6.54 Å². The molecule has 1 aromatic heterocycles. The molecule has 0 aliphatic heterocycles. The van der Waals surface area contributed by atoms with Gasteiger partial charge in [0, 0.05) is 5.69 Å². The molecule has 2 N–H and O–H groups in total. The minimum Gasteiger partial charge on any atom is -0.465 e. The summed E-state index contributed by atoms with van der Waals surface area (Å²) in [5.41, 5.74) is 1.08. The highest BCUT2D eigenvalue weighted by atomic mass is 19.1. The molecule has 0 aliphatic carbocycles. The molecule has 0 saturated heterocycles. The van der Waals surface area contributed by atoms with Gasteiger partial charge in [0.25, 0.3) is 0 Å². The molecule has 3 aromatic rings. The van der Waals surface area contributed by atoms with E-state index in [1.54, 1.807) is 12.1 Å². The third-order valence-corrected chi connectivity index (χ3v) is 3.63. The molecule has 0 unspecified atom stereocenters. The largest absolute Gasteiger partial charge is 0.465 e. The molecule has 128 valence electrons. The fourth-order valence-corrected chi connectivity index (χ4v) is 2.44. The Bertz CT molecular complexity index is 1000. The summed E-state index contributed by atoms with van der Waals surface area (Å²) in [6, 6.07) is 9.98. The molecule has 0 fully saturated rings. The minimum absolute atomic E-state index is 0.233. The zero-order valence-electron chi connectivity index (χ0n) is 13.2. The number of methoxy groups -OCH3 is 1. The van der Waals surface area contributed by atoms with E-state index >= 15 is 0 Å². The number of amides is 1. The first kappa shape index (κ1) is 16.4. The molecule has 1 heterocycles. The number of carbonyl (C=O) groups is 2. The van der Waals surface area contributed by atoms with E-state index in [0.29, 0.717) is 22.3 Å². The van der Waals surface area contributed by atoms with Crippen LogP contribution in [0.5, 0.6) is 0 Å². The smallest absolute Gasteiger partial charge is 0.337 e. The number of rotatable bonds is 4. The van der Waals surface area contributed by atoms with Crippen LogP contribution in [0.2, 0.25) is 0 Å². The van der Waals surface area contributed by atoms with Crippen LogP contribution in [-0.4, -0.2) is 28.5 Å². The number of carbonyl (C=O) groups excluding carboxylic acids is 2. The molecule has 3 rings (SSSR count). The van der Waals surface area contributed by atoms with E-state index in [1.165, 1.54) is 42.0 Å². The Morgan fingerprint density at radius 1 is 1.20 bits per heavy atom. The molecule has 0 spiro atoms. The van der Waals surface area contributed by atoms with E-state index in [9.17, 15) is 18.8 Å². The Balaban J connectivity index is 1.76. The van der Waals surface area contributed by atoms with Gasteiger partial charge in [-0.25, -0.2) is 14.0 Å². The average Bonchev–Trinajstić information content (AvgIpc) is 2.89. The van der Waals surface area contributed by atoms with Crippen molar-refractivity contribution in [1.82, 2.24) is 9.55 Å². The number of anilines is 1. The van der Waals surface area contributed by atoms with Crippen LogP contribution in [0.25, 0.3) is 11.0 Å². The quantitative estimate of drug-likeness (QED) is 0.708. The average molecular weight is 343 g/mol. The van der Waals surface area contributed by atoms with Crippen LogP contribution >= 0.6 is 0 Å². The van der Waals surface area contributed by atoms with Crippen molar-refractivity contribution in [3.8, 4) is 0 Å². The lowest BCUT2D eigenvalue weighted by Crippen LogP contribution is -2.25. The van der Waals surface area contributed by atoms with E-state index in [1.807, 2.05) is 0 Å². The molecule has 2 aromatic carbocycles. The SMILES string of the molecule is COC(=O)c1ccc(NC(=O)Cn2c(=O)[nH]c3cc(F)ccc32)cc1. The fraction of sp³-hybridized carbons (Fsp3) is 0.118. The van der Waals surface area contributed by atoms with Crippen molar-refractivity contribution in [2.75, 3.05) is 12.4 Å². The predicted molar refractivity (Wildman–Crippen MR) is 88.9 cm³/mol. The zero-order valence-corrected chi connectivity index (χ0v) is 13.2. The third kappa shape index (κ3) is 3.42. The van der Waals surface area contributed by atoms with Crippen LogP contribution in [-0.2, 0) is 16.1 Å². The fourth-order valence-electron chi connectivity index (χ4n) is 2.44. The highest BCUT2D eigenvalue weighted by Gasteiger charge is 2.12. The first-order valence-corrected chi connectivity index (χ1v) is 7.34. The van der Waals surface area contributed by atoms with Gasteiger partial charge in [-0.15, -0.1) is 0 Å². The summed E-state index contributed by atoms with van der Waals surface area (Å²) in [4.78, 5) is 38.0. The zero-order chi connectivity index (χ0) is 18.0. The second-order valence-electron chi connectivity index (χ2n) is 5.29. The van der Waals surface area contributed by atoms with Crippen LogP contribution in [0.15, 0.2) is 47.3 Å². The summed E-state index contributed by atoms with van der Waals surface area (Å²) in [6.07, 6.45) is 0. The van der Waals surface area contributed by atoms with Crippen molar-refractivity contribution in [1.29, 1.82) is 0 Å².